The molecule has 0 spiro atoms. The Morgan fingerprint density at radius 1 is 1.19 bits per heavy atom. The number of hydrogen-bond donors (Lipinski definition) is 1. The number of carbonyl (C=O) groups is 3. The van der Waals surface area contributed by atoms with Crippen LogP contribution in [0.2, 0.25) is 0 Å². The molecule has 0 aromatic heterocycles. The lowest BCUT2D eigenvalue weighted by atomic mass is 10.1. The third kappa shape index (κ3) is 3.90. The first kappa shape index (κ1) is 15.2. The second-order valence-electron chi connectivity index (χ2n) is 5.41. The van der Waals surface area contributed by atoms with Crippen LogP contribution in [0.4, 0.5) is 5.69 Å². The molecule has 1 aromatic rings. The van der Waals surface area contributed by atoms with Crippen molar-refractivity contribution < 1.29 is 14.4 Å². The van der Waals surface area contributed by atoms with Gasteiger partial charge in [-0.2, -0.15) is 0 Å². The summed E-state index contributed by atoms with van der Waals surface area (Å²) in [6.45, 7) is 3.65. The van der Waals surface area contributed by atoms with Crippen LogP contribution in [-0.2, 0) is 20.8 Å². The number of ketones is 1. The van der Waals surface area contributed by atoms with Crippen molar-refractivity contribution >= 4 is 23.3 Å². The van der Waals surface area contributed by atoms with Gasteiger partial charge in [0.05, 0.1) is 12.5 Å². The van der Waals surface area contributed by atoms with Gasteiger partial charge in [0.15, 0.2) is 5.78 Å². The first-order chi connectivity index (χ1) is 9.97. The maximum atomic E-state index is 12.3. The van der Waals surface area contributed by atoms with Gasteiger partial charge in [0.25, 0.3) is 0 Å². The summed E-state index contributed by atoms with van der Waals surface area (Å²) in [5.41, 5.74) is 1.59. The molecule has 0 saturated carbocycles. The van der Waals surface area contributed by atoms with Crippen molar-refractivity contribution in [2.75, 3.05) is 11.9 Å². The van der Waals surface area contributed by atoms with Crippen molar-refractivity contribution in [2.45, 2.75) is 39.2 Å². The first-order valence-corrected chi connectivity index (χ1v) is 7.14. The van der Waals surface area contributed by atoms with Crippen molar-refractivity contribution in [1.82, 2.24) is 4.90 Å². The molecule has 5 nitrogen and oxygen atoms in total. The summed E-state index contributed by atoms with van der Waals surface area (Å²) in [7, 11) is 0. The third-order valence-electron chi connectivity index (χ3n) is 3.67. The van der Waals surface area contributed by atoms with Gasteiger partial charge in [-0.3, -0.25) is 14.4 Å². The van der Waals surface area contributed by atoms with Crippen molar-refractivity contribution in [1.29, 1.82) is 0 Å². The van der Waals surface area contributed by atoms with Crippen LogP contribution in [0, 0.1) is 0 Å². The quantitative estimate of drug-likeness (QED) is 0.918. The Balaban J connectivity index is 1.99. The fourth-order valence-electron chi connectivity index (χ4n) is 2.67. The summed E-state index contributed by atoms with van der Waals surface area (Å²) in [6.07, 6.45) is 1.93. The van der Waals surface area contributed by atoms with Gasteiger partial charge in [0, 0.05) is 19.2 Å². The van der Waals surface area contributed by atoms with Crippen LogP contribution in [0.25, 0.3) is 0 Å². The Hall–Kier alpha value is -2.17. The average Bonchev–Trinajstić information content (AvgIpc) is 2.90. The maximum absolute atomic E-state index is 12.3. The number of amides is 2. The van der Waals surface area contributed by atoms with Crippen molar-refractivity contribution in [3.8, 4) is 0 Å². The zero-order valence-corrected chi connectivity index (χ0v) is 12.4. The number of carbonyl (C=O) groups excluding carboxylic acids is 3. The lowest BCUT2D eigenvalue weighted by molar-refractivity contribution is -0.136. The highest BCUT2D eigenvalue weighted by Crippen LogP contribution is 2.20. The molecule has 1 heterocycles. The summed E-state index contributed by atoms with van der Waals surface area (Å²) >= 11 is 0. The molecule has 1 aliphatic heterocycles. The lowest BCUT2D eigenvalue weighted by Gasteiger charge is -2.22. The molecule has 0 aliphatic carbocycles. The molecule has 0 bridgehead atoms. The molecule has 21 heavy (non-hydrogen) atoms. The molecule has 1 atom stereocenters. The van der Waals surface area contributed by atoms with E-state index in [2.05, 4.69) is 5.32 Å². The van der Waals surface area contributed by atoms with Crippen LogP contribution in [0.3, 0.4) is 0 Å². The smallest absolute Gasteiger partial charge is 0.227 e. The molecule has 0 radical (unpaired) electrons. The van der Waals surface area contributed by atoms with E-state index in [0.717, 1.165) is 18.4 Å². The lowest BCUT2D eigenvalue weighted by Crippen LogP contribution is -2.40. The van der Waals surface area contributed by atoms with Gasteiger partial charge in [-0.25, -0.2) is 0 Å². The Labute approximate surface area is 124 Å². The minimum atomic E-state index is -0.254. The Morgan fingerprint density at radius 2 is 1.86 bits per heavy atom. The highest BCUT2D eigenvalue weighted by molar-refractivity contribution is 5.90. The van der Waals surface area contributed by atoms with E-state index in [9.17, 15) is 14.4 Å². The summed E-state index contributed by atoms with van der Waals surface area (Å²) in [6, 6.07) is 6.94. The minimum Gasteiger partial charge on any atom is -0.332 e. The highest BCUT2D eigenvalue weighted by Gasteiger charge is 2.31. The molecule has 1 saturated heterocycles. The number of rotatable bonds is 4. The molecular formula is C16H20N2O3. The number of Topliss-reactive ketones (excluding diaryl/α,β-unsaturated/α-hetero) is 1. The molecular weight excluding hydrogens is 268 g/mol. The number of nitrogens with one attached hydrogen (secondary N) is 1. The predicted octanol–water partition coefficient (Wildman–Crippen LogP) is 1.77. The topological polar surface area (TPSA) is 66.5 Å². The molecule has 0 unspecified atom stereocenters. The minimum absolute atomic E-state index is 0.0139. The predicted molar refractivity (Wildman–Crippen MR) is 79.9 cm³/mol. The fourth-order valence-corrected chi connectivity index (χ4v) is 2.67. The molecule has 2 amide bonds. The number of benzene rings is 1. The van der Waals surface area contributed by atoms with Gasteiger partial charge in [0.1, 0.15) is 0 Å². The van der Waals surface area contributed by atoms with Gasteiger partial charge < -0.3 is 10.2 Å². The molecule has 1 aromatic carbocycles. The van der Waals surface area contributed by atoms with Crippen LogP contribution < -0.4 is 5.32 Å². The zero-order valence-electron chi connectivity index (χ0n) is 12.4. The highest BCUT2D eigenvalue weighted by atomic mass is 16.2. The average molecular weight is 288 g/mol. The monoisotopic (exact) mass is 288 g/mol. The maximum Gasteiger partial charge on any atom is 0.227 e. The van der Waals surface area contributed by atoms with E-state index in [1.807, 2.05) is 12.1 Å². The standard InChI is InChI=1S/C16H20N2O3/c1-11(19)15-4-3-9-18(15)16(21)10-13-5-7-14(8-6-13)17-12(2)20/h5-8,15H,3-4,9-10H2,1-2H3,(H,17,20)/t15-/m1/s1. The molecule has 5 heteroatoms. The normalized spacial score (nSPS) is 17.6. The van der Waals surface area contributed by atoms with Gasteiger partial charge in [-0.1, -0.05) is 12.1 Å². The Morgan fingerprint density at radius 3 is 2.43 bits per heavy atom. The van der Waals surface area contributed by atoms with E-state index in [1.165, 1.54) is 6.92 Å². The molecule has 1 fully saturated rings. The number of anilines is 1. The SMILES string of the molecule is CC(=O)Nc1ccc(CC(=O)N2CCC[C@@H]2C(C)=O)cc1. The van der Waals surface area contributed by atoms with Crippen LogP contribution in [-0.4, -0.2) is 35.1 Å². The van der Waals surface area contributed by atoms with Gasteiger partial charge in [-0.05, 0) is 37.5 Å². The second-order valence-corrected chi connectivity index (χ2v) is 5.41. The second kappa shape index (κ2) is 6.52. The Bertz CT molecular complexity index is 551. The number of nitrogens with zero attached hydrogens (tertiary/aromatic N) is 1. The van der Waals surface area contributed by atoms with Crippen molar-refractivity contribution in [3.05, 3.63) is 29.8 Å². The van der Waals surface area contributed by atoms with Gasteiger partial charge >= 0.3 is 0 Å². The van der Waals surface area contributed by atoms with E-state index >= 15 is 0 Å². The van der Waals surface area contributed by atoms with Gasteiger partial charge in [0.2, 0.25) is 11.8 Å². The van der Waals surface area contributed by atoms with Crippen LogP contribution in [0.15, 0.2) is 24.3 Å². The van der Waals surface area contributed by atoms with Crippen LogP contribution in [0.5, 0.6) is 0 Å². The van der Waals surface area contributed by atoms with Crippen LogP contribution >= 0.6 is 0 Å². The molecule has 1 N–H and O–H groups in total. The molecule has 112 valence electrons. The van der Waals surface area contributed by atoms with Crippen molar-refractivity contribution in [3.63, 3.8) is 0 Å². The summed E-state index contributed by atoms with van der Waals surface area (Å²) in [5.74, 6) is -0.0815. The van der Waals surface area contributed by atoms with E-state index < -0.39 is 0 Å². The molecule has 1 aliphatic rings. The largest absolute Gasteiger partial charge is 0.332 e. The summed E-state index contributed by atoms with van der Waals surface area (Å²) in [5, 5.41) is 2.68. The summed E-state index contributed by atoms with van der Waals surface area (Å²) < 4.78 is 0. The molecule has 2 rings (SSSR count). The van der Waals surface area contributed by atoms with E-state index in [0.29, 0.717) is 12.2 Å². The number of likely N-dealkylation sites (tertiary alicyclic amines) is 1. The zero-order chi connectivity index (χ0) is 15.4. The first-order valence-electron chi connectivity index (χ1n) is 7.14. The fraction of sp³-hybridized carbons (Fsp3) is 0.438. The van der Waals surface area contributed by atoms with E-state index in [1.54, 1.807) is 24.0 Å². The Kier molecular flexibility index (Phi) is 4.73. The van der Waals surface area contributed by atoms with Crippen LogP contribution in [0.1, 0.15) is 32.3 Å². The number of hydrogen-bond acceptors (Lipinski definition) is 3. The van der Waals surface area contributed by atoms with Crippen molar-refractivity contribution in [2.24, 2.45) is 0 Å². The van der Waals surface area contributed by atoms with Gasteiger partial charge in [-0.15, -0.1) is 0 Å². The summed E-state index contributed by atoms with van der Waals surface area (Å²) in [4.78, 5) is 36.5. The van der Waals surface area contributed by atoms with E-state index in [4.69, 9.17) is 0 Å². The third-order valence-corrected chi connectivity index (χ3v) is 3.67. The van der Waals surface area contributed by atoms with E-state index in [-0.39, 0.29) is 30.1 Å².